The van der Waals surface area contributed by atoms with Gasteiger partial charge in [0.1, 0.15) is 12.7 Å². The molecule has 0 aliphatic carbocycles. The van der Waals surface area contributed by atoms with Crippen LogP contribution in [0.15, 0.2) is 0 Å². The second-order valence-electron chi connectivity index (χ2n) is 5.10. The maximum Gasteiger partial charge on any atom is 0.302 e. The Hall–Kier alpha value is -0.770. The molecule has 1 atom stereocenters. The van der Waals surface area contributed by atoms with Crippen LogP contribution in [0.4, 0.5) is 0 Å². The maximum absolute atomic E-state index is 10.9. The fraction of sp³-hybridized carbons (Fsp3) is 0.933. The van der Waals surface area contributed by atoms with Crippen LogP contribution in [0.1, 0.15) is 6.92 Å². The summed E-state index contributed by atoms with van der Waals surface area (Å²) in [5, 5.41) is 6.45. The van der Waals surface area contributed by atoms with Gasteiger partial charge in [-0.3, -0.25) is 4.79 Å². The van der Waals surface area contributed by atoms with E-state index in [4.69, 9.17) is 23.7 Å². The van der Waals surface area contributed by atoms with Gasteiger partial charge < -0.3 is 34.3 Å². The molecule has 0 unspecified atom stereocenters. The molecule has 0 amide bonds. The Labute approximate surface area is 138 Å². The maximum atomic E-state index is 10.9. The molecule has 0 aromatic carbocycles. The molecule has 0 aromatic heterocycles. The highest BCUT2D eigenvalue weighted by Crippen LogP contribution is 1.96. The predicted molar refractivity (Wildman–Crippen MR) is 84.6 cm³/mol. The van der Waals surface area contributed by atoms with Gasteiger partial charge in [-0.1, -0.05) is 0 Å². The SMILES string of the molecule is CC(=O)OC[C@@H]1COCCNCCOCCOCCNCCO1. The Kier molecular flexibility index (Phi) is 13.0. The lowest BCUT2D eigenvalue weighted by Crippen LogP contribution is -2.32. The minimum Gasteiger partial charge on any atom is -0.463 e. The van der Waals surface area contributed by atoms with Crippen LogP contribution in [-0.2, 0) is 28.5 Å². The van der Waals surface area contributed by atoms with Gasteiger partial charge in [-0.25, -0.2) is 0 Å². The summed E-state index contributed by atoms with van der Waals surface area (Å²) in [6.07, 6.45) is -0.251. The van der Waals surface area contributed by atoms with Crippen molar-refractivity contribution in [2.75, 3.05) is 79.0 Å². The van der Waals surface area contributed by atoms with Crippen LogP contribution in [0.5, 0.6) is 0 Å². The lowest BCUT2D eigenvalue weighted by molar-refractivity contribution is -0.147. The van der Waals surface area contributed by atoms with Gasteiger partial charge in [0.25, 0.3) is 0 Å². The molecule has 8 heteroatoms. The van der Waals surface area contributed by atoms with E-state index in [1.165, 1.54) is 6.92 Å². The third kappa shape index (κ3) is 13.4. The zero-order valence-electron chi connectivity index (χ0n) is 14.0. The van der Waals surface area contributed by atoms with E-state index < -0.39 is 0 Å². The molecular weight excluding hydrogens is 304 g/mol. The molecule has 1 saturated heterocycles. The van der Waals surface area contributed by atoms with Crippen LogP contribution < -0.4 is 10.6 Å². The Morgan fingerprint density at radius 2 is 1.48 bits per heavy atom. The third-order valence-corrected chi connectivity index (χ3v) is 3.05. The first kappa shape index (κ1) is 20.3. The molecule has 8 nitrogen and oxygen atoms in total. The van der Waals surface area contributed by atoms with Gasteiger partial charge in [0.05, 0.1) is 46.2 Å². The van der Waals surface area contributed by atoms with Gasteiger partial charge in [-0.05, 0) is 0 Å². The summed E-state index contributed by atoms with van der Waals surface area (Å²) in [6.45, 7) is 8.57. The van der Waals surface area contributed by atoms with E-state index in [9.17, 15) is 4.79 Å². The van der Waals surface area contributed by atoms with Crippen LogP contribution in [0.2, 0.25) is 0 Å². The van der Waals surface area contributed by atoms with Gasteiger partial charge in [-0.2, -0.15) is 0 Å². The van der Waals surface area contributed by atoms with Gasteiger partial charge in [0.2, 0.25) is 0 Å². The zero-order valence-corrected chi connectivity index (χ0v) is 14.0. The number of hydrogen-bond acceptors (Lipinski definition) is 8. The van der Waals surface area contributed by atoms with Crippen molar-refractivity contribution >= 4 is 5.97 Å². The van der Waals surface area contributed by atoms with Crippen molar-refractivity contribution in [2.45, 2.75) is 13.0 Å². The fourth-order valence-corrected chi connectivity index (χ4v) is 1.87. The summed E-state index contributed by atoms with van der Waals surface area (Å²) < 4.78 is 27.1. The topological polar surface area (TPSA) is 87.3 Å². The molecule has 1 aliphatic heterocycles. The first-order valence-electron chi connectivity index (χ1n) is 8.18. The molecule has 1 fully saturated rings. The first-order valence-corrected chi connectivity index (χ1v) is 8.18. The summed E-state index contributed by atoms with van der Waals surface area (Å²) >= 11 is 0. The van der Waals surface area contributed by atoms with Crippen molar-refractivity contribution in [3.8, 4) is 0 Å². The summed E-state index contributed by atoms with van der Waals surface area (Å²) in [7, 11) is 0. The smallest absolute Gasteiger partial charge is 0.302 e. The quantitative estimate of drug-likeness (QED) is 0.633. The standard InChI is InChI=1S/C15H30N2O6/c1-14(18)23-13-15-12-21-8-4-16-2-6-19-10-11-20-7-3-17-5-9-22-15/h15-17H,2-13H2,1H3/t15-/m0/s1. The van der Waals surface area contributed by atoms with Crippen LogP contribution in [0.25, 0.3) is 0 Å². The normalized spacial score (nSPS) is 24.3. The summed E-state index contributed by atoms with van der Waals surface area (Å²) in [6, 6.07) is 0. The molecule has 23 heavy (non-hydrogen) atoms. The average Bonchev–Trinajstić information content (AvgIpc) is 2.53. The molecular formula is C15H30N2O6. The van der Waals surface area contributed by atoms with Gasteiger partial charge in [0.15, 0.2) is 0 Å². The highest BCUT2D eigenvalue weighted by molar-refractivity contribution is 5.65. The minimum atomic E-state index is -0.315. The van der Waals surface area contributed by atoms with Crippen LogP contribution in [0, 0.1) is 0 Å². The molecule has 0 saturated carbocycles. The fourth-order valence-electron chi connectivity index (χ4n) is 1.87. The predicted octanol–water partition coefficient (Wildman–Crippen LogP) is -0.823. The molecule has 136 valence electrons. The van der Waals surface area contributed by atoms with E-state index in [0.29, 0.717) is 52.8 Å². The van der Waals surface area contributed by atoms with E-state index in [1.54, 1.807) is 0 Å². The van der Waals surface area contributed by atoms with Crippen LogP contribution in [-0.4, -0.2) is 91.1 Å². The highest BCUT2D eigenvalue weighted by Gasteiger charge is 2.11. The van der Waals surface area contributed by atoms with Gasteiger partial charge in [-0.15, -0.1) is 0 Å². The van der Waals surface area contributed by atoms with E-state index in [-0.39, 0.29) is 18.7 Å². The summed E-state index contributed by atoms with van der Waals surface area (Å²) in [5.74, 6) is -0.315. The zero-order chi connectivity index (χ0) is 16.6. The van der Waals surface area contributed by atoms with Crippen molar-refractivity contribution < 1.29 is 28.5 Å². The largest absolute Gasteiger partial charge is 0.463 e. The molecule has 1 heterocycles. The Morgan fingerprint density at radius 3 is 2.09 bits per heavy atom. The van der Waals surface area contributed by atoms with E-state index in [2.05, 4.69) is 10.6 Å². The van der Waals surface area contributed by atoms with Crippen molar-refractivity contribution in [3.05, 3.63) is 0 Å². The second kappa shape index (κ2) is 14.8. The summed E-state index contributed by atoms with van der Waals surface area (Å²) in [5.41, 5.74) is 0. The monoisotopic (exact) mass is 334 g/mol. The number of carbonyl (C=O) groups excluding carboxylic acids is 1. The number of nitrogens with one attached hydrogen (secondary N) is 2. The van der Waals surface area contributed by atoms with Crippen LogP contribution >= 0.6 is 0 Å². The van der Waals surface area contributed by atoms with E-state index >= 15 is 0 Å². The second-order valence-corrected chi connectivity index (χ2v) is 5.10. The molecule has 0 radical (unpaired) electrons. The molecule has 2 N–H and O–H groups in total. The minimum absolute atomic E-state index is 0.208. The molecule has 1 rings (SSSR count). The number of rotatable bonds is 2. The molecule has 1 aliphatic rings. The molecule has 0 spiro atoms. The van der Waals surface area contributed by atoms with Crippen molar-refractivity contribution in [1.82, 2.24) is 10.6 Å². The lowest BCUT2D eigenvalue weighted by Gasteiger charge is -2.18. The van der Waals surface area contributed by atoms with Crippen molar-refractivity contribution in [2.24, 2.45) is 0 Å². The molecule has 0 aromatic rings. The first-order chi connectivity index (χ1) is 11.3. The number of carbonyl (C=O) groups is 1. The van der Waals surface area contributed by atoms with Crippen molar-refractivity contribution in [1.29, 1.82) is 0 Å². The van der Waals surface area contributed by atoms with Gasteiger partial charge >= 0.3 is 5.97 Å². The number of ether oxygens (including phenoxy) is 5. The Balaban J connectivity index is 2.25. The lowest BCUT2D eigenvalue weighted by atomic mass is 10.4. The third-order valence-electron chi connectivity index (χ3n) is 3.05. The van der Waals surface area contributed by atoms with Gasteiger partial charge in [0, 0.05) is 33.1 Å². The number of esters is 1. The Morgan fingerprint density at radius 1 is 0.913 bits per heavy atom. The van der Waals surface area contributed by atoms with E-state index in [0.717, 1.165) is 19.6 Å². The summed E-state index contributed by atoms with van der Waals surface area (Å²) in [4.78, 5) is 10.9. The number of hydrogen-bond donors (Lipinski definition) is 2. The van der Waals surface area contributed by atoms with E-state index in [1.807, 2.05) is 0 Å². The highest BCUT2D eigenvalue weighted by atomic mass is 16.6. The van der Waals surface area contributed by atoms with Crippen LogP contribution in [0.3, 0.4) is 0 Å². The Bertz CT molecular complexity index is 275. The average molecular weight is 334 g/mol. The van der Waals surface area contributed by atoms with Crippen molar-refractivity contribution in [3.63, 3.8) is 0 Å². The molecule has 0 bridgehead atoms.